The summed E-state index contributed by atoms with van der Waals surface area (Å²) in [5, 5.41) is 3.33. The molecule has 108 valence electrons. The van der Waals surface area contributed by atoms with Crippen LogP contribution in [0.2, 0.25) is 0 Å². The van der Waals surface area contributed by atoms with Crippen molar-refractivity contribution in [2.75, 3.05) is 14.2 Å². The number of methoxy groups -OCH3 is 1. The van der Waals surface area contributed by atoms with E-state index in [1.54, 1.807) is 13.3 Å². The van der Waals surface area contributed by atoms with Crippen molar-refractivity contribution in [3.05, 3.63) is 54.6 Å². The van der Waals surface area contributed by atoms with Crippen molar-refractivity contribution in [2.45, 2.75) is 12.6 Å². The average molecular weight is 282 g/mol. The zero-order chi connectivity index (χ0) is 14.7. The lowest BCUT2D eigenvalue weighted by molar-refractivity contribution is 0.410. The van der Waals surface area contributed by atoms with Gasteiger partial charge in [0.1, 0.15) is 5.75 Å². The summed E-state index contributed by atoms with van der Waals surface area (Å²) in [5.74, 6) is 0.767. The molecule has 0 aliphatic heterocycles. The van der Waals surface area contributed by atoms with Crippen LogP contribution in [-0.2, 0) is 6.54 Å². The third-order valence-corrected chi connectivity index (χ3v) is 3.63. The van der Waals surface area contributed by atoms with Crippen molar-refractivity contribution in [2.24, 2.45) is 0 Å². The van der Waals surface area contributed by atoms with Gasteiger partial charge in [-0.05, 0) is 30.8 Å². The van der Waals surface area contributed by atoms with Crippen molar-refractivity contribution < 1.29 is 4.74 Å². The molecule has 1 unspecified atom stereocenters. The largest absolute Gasteiger partial charge is 0.495 e. The number of likely N-dealkylation sites (N-methyl/N-ethyl adjacent to an activating group) is 1. The lowest BCUT2D eigenvalue weighted by Gasteiger charge is -2.18. The molecule has 3 aromatic rings. The smallest absolute Gasteiger partial charge is 0.137 e. The molecule has 1 aromatic carbocycles. The Morgan fingerprint density at radius 3 is 2.95 bits per heavy atom. The molecule has 0 spiro atoms. The van der Waals surface area contributed by atoms with Crippen molar-refractivity contribution in [3.8, 4) is 5.75 Å². The van der Waals surface area contributed by atoms with Crippen LogP contribution in [0.1, 0.15) is 11.6 Å². The molecule has 0 bridgehead atoms. The number of fused-ring (bicyclic) bond motifs is 1. The molecule has 0 saturated carbocycles. The monoisotopic (exact) mass is 282 g/mol. The van der Waals surface area contributed by atoms with Crippen molar-refractivity contribution in [1.82, 2.24) is 19.9 Å². The van der Waals surface area contributed by atoms with Gasteiger partial charge in [0.15, 0.2) is 0 Å². The Kier molecular flexibility index (Phi) is 3.83. The Hall–Kier alpha value is -2.40. The van der Waals surface area contributed by atoms with Gasteiger partial charge in [-0.2, -0.15) is 0 Å². The topological polar surface area (TPSA) is 52.0 Å². The van der Waals surface area contributed by atoms with Crippen LogP contribution in [0.4, 0.5) is 0 Å². The van der Waals surface area contributed by atoms with E-state index < -0.39 is 0 Å². The van der Waals surface area contributed by atoms with E-state index in [1.165, 1.54) is 0 Å². The van der Waals surface area contributed by atoms with Crippen LogP contribution in [0.25, 0.3) is 11.0 Å². The van der Waals surface area contributed by atoms with E-state index >= 15 is 0 Å². The summed E-state index contributed by atoms with van der Waals surface area (Å²) in [7, 11) is 3.60. The van der Waals surface area contributed by atoms with Crippen LogP contribution in [-0.4, -0.2) is 28.7 Å². The van der Waals surface area contributed by atoms with E-state index in [4.69, 9.17) is 4.74 Å². The second kappa shape index (κ2) is 5.93. The normalized spacial score (nSPS) is 12.5. The first-order valence-electron chi connectivity index (χ1n) is 6.88. The Balaban J connectivity index is 1.90. The first-order valence-corrected chi connectivity index (χ1v) is 6.88. The number of nitrogens with one attached hydrogen (secondary N) is 1. The number of imidazole rings is 1. The molecule has 0 radical (unpaired) electrons. The third-order valence-electron chi connectivity index (χ3n) is 3.63. The van der Waals surface area contributed by atoms with Gasteiger partial charge in [-0.1, -0.05) is 12.1 Å². The maximum absolute atomic E-state index is 5.25. The molecule has 0 saturated heterocycles. The number of ether oxygens (including phenoxy) is 1. The van der Waals surface area contributed by atoms with Gasteiger partial charge >= 0.3 is 0 Å². The predicted molar refractivity (Wildman–Crippen MR) is 82.3 cm³/mol. The first kappa shape index (κ1) is 13.6. The Bertz CT molecular complexity index is 738. The highest BCUT2D eigenvalue weighted by Crippen LogP contribution is 2.21. The fourth-order valence-corrected chi connectivity index (χ4v) is 2.45. The molecule has 5 heteroatoms. The molecule has 1 N–H and O–H groups in total. The molecular formula is C16H18N4O. The molecule has 0 amide bonds. The van der Waals surface area contributed by atoms with Gasteiger partial charge in [-0.15, -0.1) is 0 Å². The van der Waals surface area contributed by atoms with E-state index in [1.807, 2.05) is 43.8 Å². The van der Waals surface area contributed by atoms with Gasteiger partial charge in [0.05, 0.1) is 36.7 Å². The summed E-state index contributed by atoms with van der Waals surface area (Å²) in [5.41, 5.74) is 3.24. The molecule has 21 heavy (non-hydrogen) atoms. The number of pyridine rings is 1. The Morgan fingerprint density at radius 2 is 2.14 bits per heavy atom. The number of nitrogens with zero attached hydrogens (tertiary/aromatic N) is 3. The van der Waals surface area contributed by atoms with E-state index in [9.17, 15) is 0 Å². The fourth-order valence-electron chi connectivity index (χ4n) is 2.45. The minimum absolute atomic E-state index is 0.144. The van der Waals surface area contributed by atoms with Crippen molar-refractivity contribution >= 4 is 11.0 Å². The number of rotatable bonds is 5. The van der Waals surface area contributed by atoms with Crippen LogP contribution in [0.5, 0.6) is 5.75 Å². The molecule has 3 rings (SSSR count). The van der Waals surface area contributed by atoms with Crippen LogP contribution in [0.3, 0.4) is 0 Å². The highest BCUT2D eigenvalue weighted by Gasteiger charge is 2.13. The standard InChI is InChI=1S/C16H18N4O/c1-17-15(12-7-13(21-2)9-18-8-12)10-20-11-19-14-5-3-4-6-16(14)20/h3-9,11,15,17H,10H2,1-2H3. The van der Waals surface area contributed by atoms with Crippen LogP contribution in [0.15, 0.2) is 49.1 Å². The summed E-state index contributed by atoms with van der Waals surface area (Å²) < 4.78 is 7.39. The summed E-state index contributed by atoms with van der Waals surface area (Å²) in [4.78, 5) is 8.65. The van der Waals surface area contributed by atoms with Gasteiger partial charge in [-0.25, -0.2) is 4.98 Å². The highest BCUT2D eigenvalue weighted by atomic mass is 16.5. The van der Waals surface area contributed by atoms with E-state index in [0.29, 0.717) is 0 Å². The van der Waals surface area contributed by atoms with E-state index in [2.05, 4.69) is 25.9 Å². The van der Waals surface area contributed by atoms with E-state index in [0.717, 1.165) is 28.9 Å². The third kappa shape index (κ3) is 2.73. The summed E-state index contributed by atoms with van der Waals surface area (Å²) >= 11 is 0. The lowest BCUT2D eigenvalue weighted by Crippen LogP contribution is -2.21. The molecule has 2 heterocycles. The molecule has 0 fully saturated rings. The second-order valence-corrected chi connectivity index (χ2v) is 4.89. The zero-order valence-corrected chi connectivity index (χ0v) is 12.2. The minimum atomic E-state index is 0.144. The average Bonchev–Trinajstić information content (AvgIpc) is 2.95. The molecule has 2 aromatic heterocycles. The number of benzene rings is 1. The highest BCUT2D eigenvalue weighted by molar-refractivity contribution is 5.74. The van der Waals surface area contributed by atoms with Gasteiger partial charge in [0, 0.05) is 12.7 Å². The van der Waals surface area contributed by atoms with Gasteiger partial charge in [0.25, 0.3) is 0 Å². The molecule has 1 atom stereocenters. The van der Waals surface area contributed by atoms with Crippen LogP contribution >= 0.6 is 0 Å². The number of aromatic nitrogens is 3. The van der Waals surface area contributed by atoms with Crippen molar-refractivity contribution in [1.29, 1.82) is 0 Å². The maximum Gasteiger partial charge on any atom is 0.137 e. The number of hydrogen-bond acceptors (Lipinski definition) is 4. The number of para-hydroxylation sites is 2. The molecular weight excluding hydrogens is 264 g/mol. The van der Waals surface area contributed by atoms with Gasteiger partial charge in [0.2, 0.25) is 0 Å². The van der Waals surface area contributed by atoms with Crippen LogP contribution < -0.4 is 10.1 Å². The fraction of sp³-hybridized carbons (Fsp3) is 0.250. The Morgan fingerprint density at radius 1 is 1.29 bits per heavy atom. The lowest BCUT2D eigenvalue weighted by atomic mass is 10.1. The quantitative estimate of drug-likeness (QED) is 0.780. The Labute approximate surface area is 123 Å². The molecule has 5 nitrogen and oxygen atoms in total. The zero-order valence-electron chi connectivity index (χ0n) is 12.2. The maximum atomic E-state index is 5.25. The van der Waals surface area contributed by atoms with E-state index in [-0.39, 0.29) is 6.04 Å². The van der Waals surface area contributed by atoms with Crippen molar-refractivity contribution in [3.63, 3.8) is 0 Å². The van der Waals surface area contributed by atoms with Gasteiger partial charge in [-0.3, -0.25) is 4.98 Å². The second-order valence-electron chi connectivity index (χ2n) is 4.89. The molecule has 0 aliphatic carbocycles. The SMILES string of the molecule is CNC(Cn1cnc2ccccc21)c1cncc(OC)c1. The van der Waals surface area contributed by atoms with Gasteiger partial charge < -0.3 is 14.6 Å². The summed E-state index contributed by atoms with van der Waals surface area (Å²) in [6.07, 6.45) is 5.45. The predicted octanol–water partition coefficient (Wildman–Crippen LogP) is 2.40. The summed E-state index contributed by atoms with van der Waals surface area (Å²) in [6, 6.07) is 10.3. The first-order chi connectivity index (χ1) is 10.3. The summed E-state index contributed by atoms with van der Waals surface area (Å²) in [6.45, 7) is 0.784. The van der Waals surface area contributed by atoms with Crippen LogP contribution in [0, 0.1) is 0 Å². The minimum Gasteiger partial charge on any atom is -0.495 e. The number of hydrogen-bond donors (Lipinski definition) is 1. The molecule has 0 aliphatic rings.